The molecule has 0 saturated heterocycles. The highest BCUT2D eigenvalue weighted by Gasteiger charge is 2.04. The van der Waals surface area contributed by atoms with Crippen LogP contribution in [0.3, 0.4) is 0 Å². The van der Waals surface area contributed by atoms with Gasteiger partial charge in [0.15, 0.2) is 0 Å². The van der Waals surface area contributed by atoms with Crippen molar-refractivity contribution < 1.29 is 4.79 Å². The summed E-state index contributed by atoms with van der Waals surface area (Å²) >= 11 is 0. The smallest absolute Gasteiger partial charge is 0.251 e. The summed E-state index contributed by atoms with van der Waals surface area (Å²) in [5.74, 6) is 5.62. The third-order valence-corrected chi connectivity index (χ3v) is 3.02. The second-order valence-electron chi connectivity index (χ2n) is 4.75. The maximum absolute atomic E-state index is 12.1. The Morgan fingerprint density at radius 2 is 1.95 bits per heavy atom. The van der Waals surface area contributed by atoms with Crippen molar-refractivity contribution in [3.63, 3.8) is 0 Å². The molecule has 0 heterocycles. The molecule has 0 bridgehead atoms. The second kappa shape index (κ2) is 7.28. The molecule has 0 unspecified atom stereocenters. The van der Waals surface area contributed by atoms with Crippen LogP contribution in [0.2, 0.25) is 0 Å². The largest absolute Gasteiger partial charge is 0.348 e. The monoisotopic (exact) mass is 278 g/mol. The molecule has 0 saturated carbocycles. The molecule has 0 spiro atoms. The lowest BCUT2D eigenvalue weighted by atomic mass is 10.1. The lowest BCUT2D eigenvalue weighted by Crippen LogP contribution is -2.22. The van der Waals surface area contributed by atoms with Crippen molar-refractivity contribution in [2.45, 2.75) is 13.5 Å². The predicted molar refractivity (Wildman–Crippen MR) is 84.7 cm³/mol. The van der Waals surface area contributed by atoms with Gasteiger partial charge in [0, 0.05) is 17.7 Å². The minimum Gasteiger partial charge on any atom is -0.348 e. The highest BCUT2D eigenvalue weighted by atomic mass is 16.1. The van der Waals surface area contributed by atoms with E-state index < -0.39 is 0 Å². The van der Waals surface area contributed by atoms with Crippen molar-refractivity contribution >= 4 is 5.91 Å². The van der Waals surface area contributed by atoms with E-state index in [4.69, 9.17) is 5.73 Å². The van der Waals surface area contributed by atoms with E-state index in [-0.39, 0.29) is 5.91 Å². The lowest BCUT2D eigenvalue weighted by Gasteiger charge is -2.06. The Bertz CT molecular complexity index is 678. The molecule has 1 amide bonds. The standard InChI is InChI=1S/C18H18N2O/c1-14-4-2-5-16(12-14)13-20-18(21)17-9-7-15(8-10-17)6-3-11-19/h2,4-5,7-10,12H,11,13,19H2,1H3,(H,20,21). The average Bonchev–Trinajstić information content (AvgIpc) is 2.51. The van der Waals surface area contributed by atoms with Gasteiger partial charge < -0.3 is 11.1 Å². The fourth-order valence-corrected chi connectivity index (χ4v) is 1.96. The van der Waals surface area contributed by atoms with Gasteiger partial charge in [-0.2, -0.15) is 0 Å². The molecule has 3 nitrogen and oxygen atoms in total. The summed E-state index contributed by atoms with van der Waals surface area (Å²) < 4.78 is 0. The lowest BCUT2D eigenvalue weighted by molar-refractivity contribution is 0.0951. The molecule has 0 aliphatic rings. The number of carbonyl (C=O) groups is 1. The van der Waals surface area contributed by atoms with Gasteiger partial charge in [0.05, 0.1) is 6.54 Å². The molecule has 2 aromatic rings. The van der Waals surface area contributed by atoms with Crippen molar-refractivity contribution in [3.05, 3.63) is 70.8 Å². The normalized spacial score (nSPS) is 9.62. The number of hydrogen-bond donors (Lipinski definition) is 2. The Morgan fingerprint density at radius 3 is 2.62 bits per heavy atom. The van der Waals surface area contributed by atoms with Gasteiger partial charge in [0.1, 0.15) is 0 Å². The Hall–Kier alpha value is -2.57. The van der Waals surface area contributed by atoms with Crippen molar-refractivity contribution in [2.24, 2.45) is 5.73 Å². The van der Waals surface area contributed by atoms with Gasteiger partial charge in [-0.15, -0.1) is 0 Å². The molecule has 0 fully saturated rings. The minimum atomic E-state index is -0.0881. The number of rotatable bonds is 3. The van der Waals surface area contributed by atoms with Gasteiger partial charge in [-0.3, -0.25) is 4.79 Å². The molecule has 21 heavy (non-hydrogen) atoms. The van der Waals surface area contributed by atoms with Crippen LogP contribution in [0.15, 0.2) is 48.5 Å². The van der Waals surface area contributed by atoms with Crippen LogP contribution in [0.5, 0.6) is 0 Å². The van der Waals surface area contributed by atoms with Crippen LogP contribution in [-0.2, 0) is 6.54 Å². The zero-order valence-electron chi connectivity index (χ0n) is 12.0. The van der Waals surface area contributed by atoms with Crippen LogP contribution < -0.4 is 11.1 Å². The first-order valence-electron chi connectivity index (χ1n) is 6.82. The van der Waals surface area contributed by atoms with Crippen LogP contribution in [0.1, 0.15) is 27.0 Å². The van der Waals surface area contributed by atoms with E-state index in [2.05, 4.69) is 23.2 Å². The molecule has 0 aromatic heterocycles. The van der Waals surface area contributed by atoms with E-state index >= 15 is 0 Å². The van der Waals surface area contributed by atoms with Crippen molar-refractivity contribution in [1.29, 1.82) is 0 Å². The number of carbonyl (C=O) groups excluding carboxylic acids is 1. The summed E-state index contributed by atoms with van der Waals surface area (Å²) in [6, 6.07) is 15.3. The molecule has 2 aromatic carbocycles. The van der Waals surface area contributed by atoms with Crippen LogP contribution in [-0.4, -0.2) is 12.5 Å². The molecule has 0 radical (unpaired) electrons. The fourth-order valence-electron chi connectivity index (χ4n) is 1.96. The summed E-state index contributed by atoms with van der Waals surface area (Å²) in [7, 11) is 0. The molecule has 2 rings (SSSR count). The third-order valence-electron chi connectivity index (χ3n) is 3.02. The first-order valence-corrected chi connectivity index (χ1v) is 6.82. The summed E-state index contributed by atoms with van der Waals surface area (Å²) in [6.07, 6.45) is 0. The molecule has 0 aliphatic carbocycles. The first-order chi connectivity index (χ1) is 10.2. The van der Waals surface area contributed by atoms with Gasteiger partial charge in [-0.1, -0.05) is 41.7 Å². The molecule has 0 aliphatic heterocycles. The summed E-state index contributed by atoms with van der Waals surface area (Å²) in [4.78, 5) is 12.1. The van der Waals surface area contributed by atoms with Crippen LogP contribution in [0, 0.1) is 18.8 Å². The average molecular weight is 278 g/mol. The van der Waals surface area contributed by atoms with Gasteiger partial charge >= 0.3 is 0 Å². The Kier molecular flexibility index (Phi) is 5.14. The number of hydrogen-bond acceptors (Lipinski definition) is 2. The third kappa shape index (κ3) is 4.48. The van der Waals surface area contributed by atoms with Crippen LogP contribution in [0.25, 0.3) is 0 Å². The quantitative estimate of drug-likeness (QED) is 0.846. The number of aryl methyl sites for hydroxylation is 1. The summed E-state index contributed by atoms with van der Waals surface area (Å²) in [6.45, 7) is 2.89. The zero-order chi connectivity index (χ0) is 15.1. The van der Waals surface area contributed by atoms with Crippen molar-refractivity contribution in [3.8, 4) is 11.8 Å². The van der Waals surface area contributed by atoms with E-state index in [1.54, 1.807) is 12.1 Å². The van der Waals surface area contributed by atoms with Gasteiger partial charge in [0.2, 0.25) is 0 Å². The number of benzene rings is 2. The molecule has 3 N–H and O–H groups in total. The van der Waals surface area contributed by atoms with E-state index in [0.717, 1.165) is 11.1 Å². The number of nitrogens with two attached hydrogens (primary N) is 1. The maximum atomic E-state index is 12.1. The van der Waals surface area contributed by atoms with Gasteiger partial charge in [0.25, 0.3) is 5.91 Å². The summed E-state index contributed by atoms with van der Waals surface area (Å²) in [5, 5.41) is 2.91. The van der Waals surface area contributed by atoms with Crippen LogP contribution in [0.4, 0.5) is 0 Å². The molecule has 0 atom stereocenters. The fraction of sp³-hybridized carbons (Fsp3) is 0.167. The van der Waals surface area contributed by atoms with Gasteiger partial charge in [-0.25, -0.2) is 0 Å². The maximum Gasteiger partial charge on any atom is 0.251 e. The van der Waals surface area contributed by atoms with E-state index in [9.17, 15) is 4.79 Å². The Balaban J connectivity index is 1.97. The number of nitrogens with one attached hydrogen (secondary N) is 1. The number of amides is 1. The zero-order valence-corrected chi connectivity index (χ0v) is 12.0. The molecule has 106 valence electrons. The first kappa shape index (κ1) is 14.8. The highest BCUT2D eigenvalue weighted by molar-refractivity contribution is 5.94. The van der Waals surface area contributed by atoms with E-state index in [1.807, 2.05) is 37.3 Å². The molecule has 3 heteroatoms. The topological polar surface area (TPSA) is 55.1 Å². The molecular formula is C18H18N2O. The second-order valence-corrected chi connectivity index (χ2v) is 4.75. The van der Waals surface area contributed by atoms with Crippen molar-refractivity contribution in [2.75, 3.05) is 6.54 Å². The van der Waals surface area contributed by atoms with Gasteiger partial charge in [-0.05, 0) is 36.8 Å². The van der Waals surface area contributed by atoms with Crippen LogP contribution >= 0.6 is 0 Å². The Morgan fingerprint density at radius 1 is 1.19 bits per heavy atom. The van der Waals surface area contributed by atoms with E-state index in [1.165, 1.54) is 5.56 Å². The molecular weight excluding hydrogens is 260 g/mol. The Labute approximate surface area is 125 Å². The predicted octanol–water partition coefficient (Wildman–Crippen LogP) is 2.24. The van der Waals surface area contributed by atoms with E-state index in [0.29, 0.717) is 18.7 Å². The highest BCUT2D eigenvalue weighted by Crippen LogP contribution is 2.06. The summed E-state index contributed by atoms with van der Waals surface area (Å²) in [5.41, 5.74) is 9.08. The minimum absolute atomic E-state index is 0.0881. The SMILES string of the molecule is Cc1cccc(CNC(=O)c2ccc(C#CCN)cc2)c1. The van der Waals surface area contributed by atoms with Crippen molar-refractivity contribution in [1.82, 2.24) is 5.32 Å².